The van der Waals surface area contributed by atoms with Crippen LogP contribution in [-0.2, 0) is 14.2 Å². The van der Waals surface area contributed by atoms with Gasteiger partial charge in [0.15, 0.2) is 11.6 Å². The minimum absolute atomic E-state index is 0.0584. The van der Waals surface area contributed by atoms with E-state index in [2.05, 4.69) is 21.5 Å². The smallest absolute Gasteiger partial charge is 0.265 e. The quantitative estimate of drug-likeness (QED) is 0.0670. The topological polar surface area (TPSA) is 144 Å². The number of anilines is 1. The highest BCUT2D eigenvalue weighted by Crippen LogP contribution is 2.23. The second kappa shape index (κ2) is 20.7. The lowest BCUT2D eigenvalue weighted by atomic mass is 9.93. The Kier molecular flexibility index (Phi) is 16.4. The molecular weight excluding hydrogens is 612 g/mol. The van der Waals surface area contributed by atoms with Crippen LogP contribution in [0.2, 0.25) is 0 Å². The molecule has 48 heavy (non-hydrogen) atoms. The Hall–Kier alpha value is -4.42. The van der Waals surface area contributed by atoms with Crippen molar-refractivity contribution in [2.45, 2.75) is 34.1 Å². The van der Waals surface area contributed by atoms with E-state index in [1.54, 1.807) is 42.5 Å². The molecule has 0 saturated heterocycles. The fraction of sp³-hybridized carbons (Fsp3) is 0.405. The minimum Gasteiger partial charge on any atom is -0.382 e. The first-order valence-corrected chi connectivity index (χ1v) is 16.4. The highest BCUT2D eigenvalue weighted by molar-refractivity contribution is 6.11. The first-order chi connectivity index (χ1) is 23.2. The third-order valence-corrected chi connectivity index (χ3v) is 7.25. The lowest BCUT2D eigenvalue weighted by Gasteiger charge is -2.15. The standard InChI is InChI=1S/C37H48N4O7/c1-5-17-40-41-37(45)31-15-11-29(12-16-31)28-9-13-30(14-10-28)36(44)39-19-21-47-23-25-48-24-22-46-20-18-38-33-8-6-7-32(34(33)27(4)42)35(43)26(2)3/h6-16,26,38,40H,5,17-25H2,1-4H3,(H,39,44)(H,41,45). The van der Waals surface area contributed by atoms with Crippen LogP contribution in [-0.4, -0.2) is 82.7 Å². The largest absolute Gasteiger partial charge is 0.382 e. The highest BCUT2D eigenvalue weighted by Gasteiger charge is 2.20. The summed E-state index contributed by atoms with van der Waals surface area (Å²) in [6.45, 7) is 11.0. The number of carbonyl (C=O) groups is 4. The Bertz CT molecular complexity index is 1470. The molecule has 0 aliphatic carbocycles. The SMILES string of the molecule is CCCNNC(=O)c1ccc(-c2ccc(C(=O)NCCOCCOCCOCCNc3cccc(C(=O)C(C)C)c3C(C)=O)cc2)cc1. The summed E-state index contributed by atoms with van der Waals surface area (Å²) in [7, 11) is 0. The second-order valence-electron chi connectivity index (χ2n) is 11.4. The Balaban J connectivity index is 1.23. The number of carbonyl (C=O) groups excluding carboxylic acids is 4. The number of hydrazine groups is 1. The van der Waals surface area contributed by atoms with Gasteiger partial charge in [0.2, 0.25) is 0 Å². The molecule has 0 aliphatic heterocycles. The average molecular weight is 661 g/mol. The molecule has 0 heterocycles. The number of amides is 2. The maximum atomic E-state index is 12.5. The van der Waals surface area contributed by atoms with Crippen LogP contribution in [0.5, 0.6) is 0 Å². The van der Waals surface area contributed by atoms with Crippen LogP contribution in [0, 0.1) is 5.92 Å². The molecule has 3 rings (SSSR count). The third-order valence-electron chi connectivity index (χ3n) is 7.25. The summed E-state index contributed by atoms with van der Waals surface area (Å²) in [5, 5.41) is 6.04. The first kappa shape index (κ1) is 38.0. The molecule has 0 spiro atoms. The van der Waals surface area contributed by atoms with Gasteiger partial charge in [-0.1, -0.05) is 57.2 Å². The molecule has 0 atom stereocenters. The summed E-state index contributed by atoms with van der Waals surface area (Å²) in [6, 6.07) is 19.8. The van der Waals surface area contributed by atoms with Crippen LogP contribution in [0.3, 0.4) is 0 Å². The summed E-state index contributed by atoms with van der Waals surface area (Å²) in [5.41, 5.74) is 10.0. The van der Waals surface area contributed by atoms with Gasteiger partial charge in [-0.15, -0.1) is 0 Å². The number of benzene rings is 3. The lowest BCUT2D eigenvalue weighted by molar-refractivity contribution is 0.0170. The summed E-state index contributed by atoms with van der Waals surface area (Å²) >= 11 is 0. The molecule has 0 aromatic heterocycles. The van der Waals surface area contributed by atoms with E-state index in [9.17, 15) is 19.2 Å². The van der Waals surface area contributed by atoms with Crippen molar-refractivity contribution in [2.24, 2.45) is 5.92 Å². The first-order valence-electron chi connectivity index (χ1n) is 16.4. The number of ether oxygens (including phenoxy) is 3. The zero-order valence-electron chi connectivity index (χ0n) is 28.4. The van der Waals surface area contributed by atoms with Gasteiger partial charge in [-0.25, -0.2) is 5.43 Å². The van der Waals surface area contributed by atoms with Crippen molar-refractivity contribution in [1.29, 1.82) is 0 Å². The summed E-state index contributed by atoms with van der Waals surface area (Å²) in [6.07, 6.45) is 0.921. The van der Waals surface area contributed by atoms with Gasteiger partial charge < -0.3 is 24.8 Å². The van der Waals surface area contributed by atoms with E-state index in [0.717, 1.165) is 17.5 Å². The predicted octanol–water partition coefficient (Wildman–Crippen LogP) is 4.93. The maximum absolute atomic E-state index is 12.5. The van der Waals surface area contributed by atoms with Crippen molar-refractivity contribution < 1.29 is 33.4 Å². The molecule has 3 aromatic rings. The van der Waals surface area contributed by atoms with Gasteiger partial charge >= 0.3 is 0 Å². The normalized spacial score (nSPS) is 10.9. The van der Waals surface area contributed by atoms with Crippen LogP contribution >= 0.6 is 0 Å². The van der Waals surface area contributed by atoms with Gasteiger partial charge in [-0.05, 0) is 54.8 Å². The zero-order valence-corrected chi connectivity index (χ0v) is 28.4. The van der Waals surface area contributed by atoms with Gasteiger partial charge in [0, 0.05) is 47.9 Å². The molecule has 2 amide bonds. The summed E-state index contributed by atoms with van der Waals surface area (Å²) in [5.74, 6) is -0.783. The van der Waals surface area contributed by atoms with E-state index < -0.39 is 0 Å². The zero-order chi connectivity index (χ0) is 34.7. The molecule has 258 valence electrons. The van der Waals surface area contributed by atoms with Crippen LogP contribution in [0.15, 0.2) is 66.7 Å². The van der Waals surface area contributed by atoms with Gasteiger partial charge in [-0.3, -0.25) is 24.6 Å². The number of rotatable bonds is 22. The number of hydrogen-bond donors (Lipinski definition) is 4. The number of ketones is 2. The number of Topliss-reactive ketones (excluding diaryl/α,β-unsaturated/α-hetero) is 2. The van der Waals surface area contributed by atoms with Gasteiger partial charge in [0.25, 0.3) is 11.8 Å². The molecule has 11 nitrogen and oxygen atoms in total. The van der Waals surface area contributed by atoms with Gasteiger partial charge in [-0.2, -0.15) is 0 Å². The van der Waals surface area contributed by atoms with Crippen molar-refractivity contribution >= 4 is 29.1 Å². The van der Waals surface area contributed by atoms with Crippen LogP contribution in [0.1, 0.15) is 75.5 Å². The predicted molar refractivity (Wildman–Crippen MR) is 187 cm³/mol. The summed E-state index contributed by atoms with van der Waals surface area (Å²) < 4.78 is 16.7. The number of hydrogen-bond acceptors (Lipinski definition) is 9. The maximum Gasteiger partial charge on any atom is 0.265 e. The average Bonchev–Trinajstić information content (AvgIpc) is 3.09. The molecule has 0 radical (unpaired) electrons. The summed E-state index contributed by atoms with van der Waals surface area (Å²) in [4.78, 5) is 49.4. The molecule has 0 aliphatic rings. The molecule has 0 unspecified atom stereocenters. The van der Waals surface area contributed by atoms with E-state index in [1.807, 2.05) is 45.0 Å². The molecule has 4 N–H and O–H groups in total. The fourth-order valence-corrected chi connectivity index (χ4v) is 4.70. The second-order valence-corrected chi connectivity index (χ2v) is 11.4. The minimum atomic E-state index is -0.198. The molecule has 11 heteroatoms. The molecule has 3 aromatic carbocycles. The van der Waals surface area contributed by atoms with Crippen LogP contribution < -0.4 is 21.5 Å². The molecule has 0 bridgehead atoms. The van der Waals surface area contributed by atoms with Crippen molar-refractivity contribution in [1.82, 2.24) is 16.2 Å². The van der Waals surface area contributed by atoms with E-state index >= 15 is 0 Å². The van der Waals surface area contributed by atoms with Crippen molar-refractivity contribution in [2.75, 3.05) is 64.6 Å². The van der Waals surface area contributed by atoms with Crippen LogP contribution in [0.4, 0.5) is 5.69 Å². The Labute approximate surface area is 283 Å². The molecule has 0 fully saturated rings. The van der Waals surface area contributed by atoms with Gasteiger partial charge in [0.1, 0.15) is 0 Å². The fourth-order valence-electron chi connectivity index (χ4n) is 4.70. The Morgan fingerprint density at radius 2 is 1.21 bits per heavy atom. The third kappa shape index (κ3) is 12.3. The van der Waals surface area contributed by atoms with Crippen molar-refractivity contribution in [3.63, 3.8) is 0 Å². The monoisotopic (exact) mass is 660 g/mol. The van der Waals surface area contributed by atoms with Crippen molar-refractivity contribution in [3.05, 3.63) is 89.0 Å². The van der Waals surface area contributed by atoms with Crippen LogP contribution in [0.25, 0.3) is 11.1 Å². The van der Waals surface area contributed by atoms with E-state index in [0.29, 0.717) is 87.2 Å². The lowest BCUT2D eigenvalue weighted by Crippen LogP contribution is -2.37. The van der Waals surface area contributed by atoms with E-state index in [4.69, 9.17) is 14.2 Å². The van der Waals surface area contributed by atoms with E-state index in [-0.39, 0.29) is 29.3 Å². The Morgan fingerprint density at radius 1 is 0.667 bits per heavy atom. The Morgan fingerprint density at radius 3 is 1.75 bits per heavy atom. The molecular formula is C37H48N4O7. The van der Waals surface area contributed by atoms with Gasteiger partial charge in [0.05, 0.1) is 45.2 Å². The highest BCUT2D eigenvalue weighted by atomic mass is 16.5. The number of nitrogens with one attached hydrogen (secondary N) is 4. The van der Waals surface area contributed by atoms with E-state index in [1.165, 1.54) is 6.92 Å². The molecule has 0 saturated carbocycles. The van der Waals surface area contributed by atoms with Crippen molar-refractivity contribution in [3.8, 4) is 11.1 Å².